The third kappa shape index (κ3) is 4.61. The molecular formula is C21H18ClNO2. The Balaban J connectivity index is 1.68. The van der Waals surface area contributed by atoms with Crippen LogP contribution >= 0.6 is 11.6 Å². The van der Waals surface area contributed by atoms with Gasteiger partial charge in [-0.05, 0) is 29.8 Å². The van der Waals surface area contributed by atoms with E-state index < -0.39 is 0 Å². The second-order valence-corrected chi connectivity index (χ2v) is 5.92. The van der Waals surface area contributed by atoms with Crippen LogP contribution in [-0.2, 0) is 6.42 Å². The van der Waals surface area contributed by atoms with Crippen molar-refractivity contribution >= 4 is 23.2 Å². The summed E-state index contributed by atoms with van der Waals surface area (Å²) in [5.41, 5.74) is 2.25. The lowest BCUT2D eigenvalue weighted by Gasteiger charge is -2.12. The summed E-state index contributed by atoms with van der Waals surface area (Å²) in [6, 6.07) is 24.4. The number of ether oxygens (including phenoxy) is 1. The first-order valence-corrected chi connectivity index (χ1v) is 8.43. The maximum atomic E-state index is 12.6. The zero-order chi connectivity index (χ0) is 17.5. The maximum absolute atomic E-state index is 12.6. The number of carbonyl (C=O) groups excluding carboxylic acids is 1. The van der Waals surface area contributed by atoms with Crippen LogP contribution in [0.3, 0.4) is 0 Å². The van der Waals surface area contributed by atoms with Crippen molar-refractivity contribution in [3.63, 3.8) is 0 Å². The van der Waals surface area contributed by atoms with Crippen LogP contribution in [0, 0.1) is 0 Å². The Hall–Kier alpha value is -2.78. The van der Waals surface area contributed by atoms with Gasteiger partial charge < -0.3 is 10.1 Å². The van der Waals surface area contributed by atoms with E-state index >= 15 is 0 Å². The van der Waals surface area contributed by atoms with Gasteiger partial charge in [0.05, 0.1) is 22.9 Å². The lowest BCUT2D eigenvalue weighted by Crippen LogP contribution is -2.14. The van der Waals surface area contributed by atoms with Gasteiger partial charge in [-0.2, -0.15) is 0 Å². The van der Waals surface area contributed by atoms with Gasteiger partial charge in [-0.3, -0.25) is 4.79 Å². The summed E-state index contributed by atoms with van der Waals surface area (Å²) in [6.45, 7) is 0.500. The molecule has 3 aromatic rings. The topological polar surface area (TPSA) is 38.3 Å². The van der Waals surface area contributed by atoms with E-state index in [4.69, 9.17) is 16.3 Å². The molecule has 0 unspecified atom stereocenters. The van der Waals surface area contributed by atoms with Crippen LogP contribution in [0.15, 0.2) is 78.9 Å². The summed E-state index contributed by atoms with van der Waals surface area (Å²) in [6.07, 6.45) is 0.779. The van der Waals surface area contributed by atoms with E-state index in [1.807, 2.05) is 42.5 Å². The van der Waals surface area contributed by atoms with Gasteiger partial charge in [0, 0.05) is 6.42 Å². The van der Waals surface area contributed by atoms with Gasteiger partial charge in [0.2, 0.25) is 0 Å². The minimum absolute atomic E-state index is 0.247. The molecule has 0 heterocycles. The highest BCUT2D eigenvalue weighted by atomic mass is 35.5. The number of rotatable bonds is 6. The number of nitrogens with one attached hydrogen (secondary N) is 1. The summed E-state index contributed by atoms with van der Waals surface area (Å²) in [5, 5.41) is 3.32. The Bertz CT molecular complexity index is 849. The summed E-state index contributed by atoms with van der Waals surface area (Å²) in [7, 11) is 0. The maximum Gasteiger partial charge on any atom is 0.259 e. The molecule has 4 heteroatoms. The van der Waals surface area contributed by atoms with E-state index in [1.54, 1.807) is 24.3 Å². The standard InChI is InChI=1S/C21H18ClNO2/c22-18-11-5-6-12-19(18)23-21(24)17-10-4-7-13-20(17)25-15-14-16-8-2-1-3-9-16/h1-13H,14-15H2,(H,23,24). The normalized spacial score (nSPS) is 10.3. The van der Waals surface area contributed by atoms with Crippen LogP contribution in [0.4, 0.5) is 5.69 Å². The Kier molecular flexibility index (Phi) is 5.70. The molecular weight excluding hydrogens is 334 g/mol. The van der Waals surface area contributed by atoms with E-state index in [9.17, 15) is 4.79 Å². The predicted molar refractivity (Wildman–Crippen MR) is 101 cm³/mol. The summed E-state index contributed by atoms with van der Waals surface area (Å²) in [4.78, 5) is 12.6. The number of anilines is 1. The quantitative estimate of drug-likeness (QED) is 0.661. The summed E-state index contributed by atoms with van der Waals surface area (Å²) < 4.78 is 5.84. The molecule has 126 valence electrons. The number of carbonyl (C=O) groups is 1. The second-order valence-electron chi connectivity index (χ2n) is 5.51. The Morgan fingerprint density at radius 3 is 2.36 bits per heavy atom. The fraction of sp³-hybridized carbons (Fsp3) is 0.0952. The number of benzene rings is 3. The van der Waals surface area contributed by atoms with Gasteiger partial charge in [-0.15, -0.1) is 0 Å². The SMILES string of the molecule is O=C(Nc1ccccc1Cl)c1ccccc1OCCc1ccccc1. The molecule has 3 nitrogen and oxygen atoms in total. The number of para-hydroxylation sites is 2. The molecule has 0 saturated heterocycles. The van der Waals surface area contributed by atoms with E-state index in [-0.39, 0.29) is 5.91 Å². The molecule has 0 aromatic heterocycles. The van der Waals surface area contributed by atoms with E-state index in [2.05, 4.69) is 17.4 Å². The number of halogens is 1. The van der Waals surface area contributed by atoms with Crippen molar-refractivity contribution in [2.45, 2.75) is 6.42 Å². The van der Waals surface area contributed by atoms with Gasteiger partial charge in [0.15, 0.2) is 0 Å². The smallest absolute Gasteiger partial charge is 0.259 e. The fourth-order valence-corrected chi connectivity index (χ4v) is 2.64. The van der Waals surface area contributed by atoms with Gasteiger partial charge in [-0.25, -0.2) is 0 Å². The zero-order valence-electron chi connectivity index (χ0n) is 13.6. The first kappa shape index (κ1) is 17.1. The molecule has 0 radical (unpaired) electrons. The molecule has 0 aliphatic heterocycles. The van der Waals surface area contributed by atoms with Crippen molar-refractivity contribution in [2.24, 2.45) is 0 Å². The molecule has 3 aromatic carbocycles. The van der Waals surface area contributed by atoms with Crippen LogP contribution in [-0.4, -0.2) is 12.5 Å². The molecule has 0 atom stereocenters. The van der Waals surface area contributed by atoms with Crippen LogP contribution in [0.2, 0.25) is 5.02 Å². The third-order valence-corrected chi connectivity index (χ3v) is 4.07. The third-order valence-electron chi connectivity index (χ3n) is 3.74. The van der Waals surface area contributed by atoms with Crippen molar-refractivity contribution in [1.29, 1.82) is 0 Å². The molecule has 0 fully saturated rings. The van der Waals surface area contributed by atoms with Crippen LogP contribution in [0.5, 0.6) is 5.75 Å². The molecule has 1 N–H and O–H groups in total. The summed E-state index contributed by atoms with van der Waals surface area (Å²) in [5.74, 6) is 0.311. The number of amides is 1. The van der Waals surface area contributed by atoms with Crippen LogP contribution < -0.4 is 10.1 Å². The highest BCUT2D eigenvalue weighted by Gasteiger charge is 2.13. The van der Waals surface area contributed by atoms with Crippen molar-refractivity contribution in [3.8, 4) is 5.75 Å². The molecule has 0 bridgehead atoms. The molecule has 3 rings (SSSR count). The lowest BCUT2D eigenvalue weighted by atomic mass is 10.1. The molecule has 0 aliphatic carbocycles. The summed E-state index contributed by atoms with van der Waals surface area (Å²) >= 11 is 6.10. The van der Waals surface area contributed by atoms with Crippen molar-refractivity contribution in [3.05, 3.63) is 95.0 Å². The molecule has 0 saturated carbocycles. The molecule has 25 heavy (non-hydrogen) atoms. The van der Waals surface area contributed by atoms with E-state index in [1.165, 1.54) is 5.56 Å². The fourth-order valence-electron chi connectivity index (χ4n) is 2.46. The zero-order valence-corrected chi connectivity index (χ0v) is 14.4. The van der Waals surface area contributed by atoms with E-state index in [0.717, 1.165) is 6.42 Å². The van der Waals surface area contributed by atoms with Gasteiger partial charge in [0.1, 0.15) is 5.75 Å². The Morgan fingerprint density at radius 1 is 0.880 bits per heavy atom. The Morgan fingerprint density at radius 2 is 1.56 bits per heavy atom. The predicted octanol–water partition coefficient (Wildman–Crippen LogP) is 5.21. The average Bonchev–Trinajstić information content (AvgIpc) is 2.65. The molecule has 1 amide bonds. The first-order chi connectivity index (χ1) is 12.2. The minimum atomic E-state index is -0.247. The largest absolute Gasteiger partial charge is 0.492 e. The first-order valence-electron chi connectivity index (χ1n) is 8.05. The lowest BCUT2D eigenvalue weighted by molar-refractivity contribution is 0.102. The molecule has 0 aliphatic rings. The highest BCUT2D eigenvalue weighted by molar-refractivity contribution is 6.33. The second kappa shape index (κ2) is 8.36. The van der Waals surface area contributed by atoms with Crippen molar-refractivity contribution < 1.29 is 9.53 Å². The number of hydrogen-bond acceptors (Lipinski definition) is 2. The van der Waals surface area contributed by atoms with Gasteiger partial charge in [-0.1, -0.05) is 66.2 Å². The van der Waals surface area contributed by atoms with Crippen molar-refractivity contribution in [2.75, 3.05) is 11.9 Å². The molecule has 0 spiro atoms. The Labute approximate surface area is 152 Å². The number of hydrogen-bond donors (Lipinski definition) is 1. The average molecular weight is 352 g/mol. The van der Waals surface area contributed by atoms with Gasteiger partial charge in [0.25, 0.3) is 5.91 Å². The van der Waals surface area contributed by atoms with Crippen LogP contribution in [0.1, 0.15) is 15.9 Å². The van der Waals surface area contributed by atoms with Gasteiger partial charge >= 0.3 is 0 Å². The van der Waals surface area contributed by atoms with E-state index in [0.29, 0.717) is 28.6 Å². The van der Waals surface area contributed by atoms with Crippen LogP contribution in [0.25, 0.3) is 0 Å². The highest BCUT2D eigenvalue weighted by Crippen LogP contribution is 2.24. The minimum Gasteiger partial charge on any atom is -0.492 e. The van der Waals surface area contributed by atoms with Crippen molar-refractivity contribution in [1.82, 2.24) is 0 Å². The monoisotopic (exact) mass is 351 g/mol.